The molecule has 1 nitrogen and oxygen atoms in total. The van der Waals surface area contributed by atoms with E-state index in [1.165, 1.54) is 43.5 Å². The lowest BCUT2D eigenvalue weighted by atomic mass is 9.89. The van der Waals surface area contributed by atoms with E-state index in [-0.39, 0.29) is 0 Å². The summed E-state index contributed by atoms with van der Waals surface area (Å²) in [5.41, 5.74) is 0. The summed E-state index contributed by atoms with van der Waals surface area (Å²) in [7, 11) is 0. The van der Waals surface area contributed by atoms with Crippen molar-refractivity contribution in [2.45, 2.75) is 52.0 Å². The maximum Gasteiger partial charge on any atom is 0.0118 e. The van der Waals surface area contributed by atoms with E-state index in [4.69, 9.17) is 0 Å². The van der Waals surface area contributed by atoms with Gasteiger partial charge in [-0.3, -0.25) is 0 Å². The molecule has 1 fully saturated rings. The van der Waals surface area contributed by atoms with Crippen LogP contribution in [0, 0.1) is 5.92 Å². The molecule has 1 aliphatic rings. The Morgan fingerprint density at radius 3 is 2.81 bits per heavy atom. The lowest BCUT2D eigenvalue weighted by molar-refractivity contribution is 0.295. The van der Waals surface area contributed by atoms with E-state index in [0.717, 1.165) is 12.0 Å². The standard InChI is InChI=1S/C14H23NS/c1-3-11-7-8-15-12(9-11)10-14-6-5-13(4-2)16-14/h5-6,11-12,15H,3-4,7-10H2,1-2H3. The minimum atomic E-state index is 0.724. The number of hydrogen-bond acceptors (Lipinski definition) is 2. The summed E-state index contributed by atoms with van der Waals surface area (Å²) in [6.45, 7) is 5.78. The molecule has 2 unspecified atom stereocenters. The highest BCUT2D eigenvalue weighted by Gasteiger charge is 2.20. The van der Waals surface area contributed by atoms with Crippen LogP contribution < -0.4 is 5.32 Å². The second kappa shape index (κ2) is 5.83. The summed E-state index contributed by atoms with van der Waals surface area (Å²) in [5.74, 6) is 0.955. The van der Waals surface area contributed by atoms with Crippen molar-refractivity contribution in [3.63, 3.8) is 0 Å². The molecule has 2 heterocycles. The lowest BCUT2D eigenvalue weighted by Gasteiger charge is -2.29. The fraction of sp³-hybridized carbons (Fsp3) is 0.714. The first-order valence-electron chi connectivity index (χ1n) is 6.62. The van der Waals surface area contributed by atoms with Gasteiger partial charge in [-0.2, -0.15) is 0 Å². The van der Waals surface area contributed by atoms with E-state index < -0.39 is 0 Å². The molecule has 0 aliphatic carbocycles. The van der Waals surface area contributed by atoms with Gasteiger partial charge in [0.1, 0.15) is 0 Å². The van der Waals surface area contributed by atoms with E-state index in [0.29, 0.717) is 0 Å². The largest absolute Gasteiger partial charge is 0.314 e. The summed E-state index contributed by atoms with van der Waals surface area (Å²) in [6.07, 6.45) is 6.51. The first kappa shape index (κ1) is 12.1. The number of rotatable bonds is 4. The Kier molecular flexibility index (Phi) is 4.42. The predicted molar refractivity (Wildman–Crippen MR) is 72.2 cm³/mol. The van der Waals surface area contributed by atoms with Gasteiger partial charge < -0.3 is 5.32 Å². The third-order valence-corrected chi connectivity index (χ3v) is 4.95. The number of hydrogen-bond donors (Lipinski definition) is 1. The number of thiophene rings is 1. The minimum Gasteiger partial charge on any atom is -0.314 e. The summed E-state index contributed by atoms with van der Waals surface area (Å²) < 4.78 is 0. The minimum absolute atomic E-state index is 0.724. The van der Waals surface area contributed by atoms with E-state index in [2.05, 4.69) is 31.3 Å². The third kappa shape index (κ3) is 3.08. The van der Waals surface area contributed by atoms with Gasteiger partial charge in [-0.25, -0.2) is 0 Å². The molecule has 90 valence electrons. The molecule has 1 aromatic rings. The van der Waals surface area contributed by atoms with Gasteiger partial charge in [0.25, 0.3) is 0 Å². The molecule has 0 radical (unpaired) electrons. The van der Waals surface area contributed by atoms with Crippen LogP contribution in [0.4, 0.5) is 0 Å². The van der Waals surface area contributed by atoms with Crippen LogP contribution in [-0.4, -0.2) is 12.6 Å². The molecule has 1 saturated heterocycles. The topological polar surface area (TPSA) is 12.0 Å². The normalized spacial score (nSPS) is 25.9. The van der Waals surface area contributed by atoms with E-state index in [9.17, 15) is 0 Å². The van der Waals surface area contributed by atoms with E-state index >= 15 is 0 Å². The Hall–Kier alpha value is -0.340. The van der Waals surface area contributed by atoms with Crippen LogP contribution in [0.5, 0.6) is 0 Å². The average molecular weight is 237 g/mol. The second-order valence-corrected chi connectivity index (χ2v) is 6.13. The first-order chi connectivity index (χ1) is 7.81. The molecule has 0 aromatic carbocycles. The number of aryl methyl sites for hydroxylation is 1. The van der Waals surface area contributed by atoms with Crippen molar-refractivity contribution in [2.75, 3.05) is 6.54 Å². The van der Waals surface area contributed by atoms with Crippen LogP contribution in [0.2, 0.25) is 0 Å². The molecule has 2 rings (SSSR count). The molecular weight excluding hydrogens is 214 g/mol. The zero-order valence-corrected chi connectivity index (χ0v) is 11.3. The fourth-order valence-electron chi connectivity index (χ4n) is 2.59. The monoisotopic (exact) mass is 237 g/mol. The van der Waals surface area contributed by atoms with Crippen LogP contribution in [0.25, 0.3) is 0 Å². The Morgan fingerprint density at radius 1 is 1.31 bits per heavy atom. The molecule has 0 saturated carbocycles. The summed E-state index contributed by atoms with van der Waals surface area (Å²) in [4.78, 5) is 3.09. The summed E-state index contributed by atoms with van der Waals surface area (Å²) >= 11 is 2.00. The number of nitrogens with one attached hydrogen (secondary N) is 1. The van der Waals surface area contributed by atoms with Gasteiger partial charge in [0.05, 0.1) is 0 Å². The Morgan fingerprint density at radius 2 is 2.12 bits per heavy atom. The average Bonchev–Trinajstić information content (AvgIpc) is 2.77. The molecule has 1 N–H and O–H groups in total. The highest BCUT2D eigenvalue weighted by molar-refractivity contribution is 7.11. The van der Waals surface area contributed by atoms with Gasteiger partial charge in [-0.15, -0.1) is 11.3 Å². The maximum atomic E-state index is 3.67. The molecule has 0 bridgehead atoms. The van der Waals surface area contributed by atoms with Crippen LogP contribution >= 0.6 is 11.3 Å². The molecule has 0 amide bonds. The molecule has 1 aliphatic heterocycles. The van der Waals surface area contributed by atoms with Crippen LogP contribution in [0.1, 0.15) is 42.9 Å². The van der Waals surface area contributed by atoms with Crippen molar-refractivity contribution < 1.29 is 0 Å². The predicted octanol–water partition coefficient (Wildman–Crippen LogP) is 3.63. The van der Waals surface area contributed by atoms with Crippen molar-refractivity contribution in [1.82, 2.24) is 5.32 Å². The number of piperidine rings is 1. The van der Waals surface area contributed by atoms with Crippen molar-refractivity contribution >= 4 is 11.3 Å². The molecule has 0 spiro atoms. The Balaban J connectivity index is 1.88. The maximum absolute atomic E-state index is 3.67. The second-order valence-electron chi connectivity index (χ2n) is 4.88. The molecule has 2 atom stereocenters. The quantitative estimate of drug-likeness (QED) is 0.843. The Labute approximate surface area is 103 Å². The summed E-state index contributed by atoms with van der Waals surface area (Å²) in [6, 6.07) is 5.34. The molecule has 1 aromatic heterocycles. The van der Waals surface area contributed by atoms with Crippen LogP contribution in [-0.2, 0) is 12.8 Å². The van der Waals surface area contributed by atoms with Gasteiger partial charge in [0.15, 0.2) is 0 Å². The van der Waals surface area contributed by atoms with Gasteiger partial charge in [-0.1, -0.05) is 20.3 Å². The van der Waals surface area contributed by atoms with Gasteiger partial charge in [0, 0.05) is 15.8 Å². The highest BCUT2D eigenvalue weighted by Crippen LogP contribution is 2.24. The lowest BCUT2D eigenvalue weighted by Crippen LogP contribution is -2.39. The Bertz CT molecular complexity index is 318. The summed E-state index contributed by atoms with van der Waals surface area (Å²) in [5, 5.41) is 3.67. The van der Waals surface area contributed by atoms with Crippen molar-refractivity contribution in [3.8, 4) is 0 Å². The van der Waals surface area contributed by atoms with E-state index in [1.807, 2.05) is 11.3 Å². The van der Waals surface area contributed by atoms with Gasteiger partial charge >= 0.3 is 0 Å². The zero-order chi connectivity index (χ0) is 11.4. The highest BCUT2D eigenvalue weighted by atomic mass is 32.1. The van der Waals surface area contributed by atoms with Crippen molar-refractivity contribution in [3.05, 3.63) is 21.9 Å². The molecule has 16 heavy (non-hydrogen) atoms. The smallest absolute Gasteiger partial charge is 0.0118 e. The van der Waals surface area contributed by atoms with E-state index in [1.54, 1.807) is 4.88 Å². The van der Waals surface area contributed by atoms with Crippen molar-refractivity contribution in [1.29, 1.82) is 0 Å². The molecular formula is C14H23NS. The third-order valence-electron chi connectivity index (χ3n) is 3.69. The first-order valence-corrected chi connectivity index (χ1v) is 7.44. The van der Waals surface area contributed by atoms with Crippen LogP contribution in [0.15, 0.2) is 12.1 Å². The van der Waals surface area contributed by atoms with Gasteiger partial charge in [-0.05, 0) is 50.3 Å². The zero-order valence-electron chi connectivity index (χ0n) is 10.5. The SMILES string of the molecule is CCc1ccc(CC2CC(CC)CCN2)s1. The fourth-order valence-corrected chi connectivity index (χ4v) is 3.62. The van der Waals surface area contributed by atoms with Crippen LogP contribution in [0.3, 0.4) is 0 Å². The van der Waals surface area contributed by atoms with Gasteiger partial charge in [0.2, 0.25) is 0 Å². The molecule has 2 heteroatoms. The van der Waals surface area contributed by atoms with Crippen molar-refractivity contribution in [2.24, 2.45) is 5.92 Å².